The Morgan fingerprint density at radius 3 is 2.61 bits per heavy atom. The lowest BCUT2D eigenvalue weighted by atomic mass is 10.3. The van der Waals surface area contributed by atoms with Crippen molar-refractivity contribution < 1.29 is 22.8 Å². The molecule has 0 unspecified atom stereocenters. The zero-order chi connectivity index (χ0) is 13.8. The molecule has 0 aliphatic heterocycles. The topological polar surface area (TPSA) is 52.4 Å². The number of ether oxygens (including phenoxy) is 1. The number of nitrogens with zero attached hydrogens (tertiary/aromatic N) is 1. The minimum atomic E-state index is -4.22. The fourth-order valence-corrected chi connectivity index (χ4v) is 1.53. The van der Waals surface area contributed by atoms with Gasteiger partial charge in [0.25, 0.3) is 5.69 Å². The van der Waals surface area contributed by atoms with Gasteiger partial charge in [-0.1, -0.05) is 0 Å². The first kappa shape index (κ1) is 14.7. The van der Waals surface area contributed by atoms with Gasteiger partial charge in [0, 0.05) is 12.5 Å². The summed E-state index contributed by atoms with van der Waals surface area (Å²) in [6.45, 7) is -0.153. The number of nitro benzene ring substituents is 1. The molecule has 0 N–H and O–H groups in total. The van der Waals surface area contributed by atoms with Crippen molar-refractivity contribution in [2.45, 2.75) is 19.0 Å². The van der Waals surface area contributed by atoms with E-state index in [9.17, 15) is 23.3 Å². The SMILES string of the molecule is O=[N+]([O-])c1ccc(Br)c(OCCCC(F)(F)F)c1. The molecule has 0 heterocycles. The number of hydrogen-bond donors (Lipinski definition) is 0. The van der Waals surface area contributed by atoms with E-state index < -0.39 is 17.5 Å². The predicted molar refractivity (Wildman–Crippen MR) is 61.6 cm³/mol. The maximum atomic E-state index is 11.9. The Morgan fingerprint density at radius 2 is 2.06 bits per heavy atom. The molecule has 0 aromatic heterocycles. The molecule has 1 aromatic rings. The average Bonchev–Trinajstić information content (AvgIpc) is 2.24. The molecular formula is C10H9BrF3NO3. The van der Waals surface area contributed by atoms with Gasteiger partial charge in [-0.25, -0.2) is 0 Å². The van der Waals surface area contributed by atoms with Gasteiger partial charge in [-0.05, 0) is 28.4 Å². The van der Waals surface area contributed by atoms with Crippen molar-refractivity contribution in [1.29, 1.82) is 0 Å². The van der Waals surface area contributed by atoms with Gasteiger partial charge in [-0.2, -0.15) is 13.2 Å². The number of alkyl halides is 3. The second kappa shape index (κ2) is 6.03. The molecule has 1 aromatic carbocycles. The van der Waals surface area contributed by atoms with E-state index in [0.29, 0.717) is 4.47 Å². The number of halogens is 4. The van der Waals surface area contributed by atoms with Crippen molar-refractivity contribution in [3.63, 3.8) is 0 Å². The Bertz CT molecular complexity index is 437. The van der Waals surface area contributed by atoms with E-state index in [-0.39, 0.29) is 24.5 Å². The van der Waals surface area contributed by atoms with Crippen molar-refractivity contribution in [2.24, 2.45) is 0 Å². The molecule has 4 nitrogen and oxygen atoms in total. The van der Waals surface area contributed by atoms with Crippen LogP contribution in [0.25, 0.3) is 0 Å². The van der Waals surface area contributed by atoms with E-state index in [2.05, 4.69) is 15.9 Å². The largest absolute Gasteiger partial charge is 0.492 e. The van der Waals surface area contributed by atoms with Crippen LogP contribution >= 0.6 is 15.9 Å². The molecule has 18 heavy (non-hydrogen) atoms. The van der Waals surface area contributed by atoms with E-state index in [1.807, 2.05) is 0 Å². The zero-order valence-corrected chi connectivity index (χ0v) is 10.6. The Kier molecular flexibility index (Phi) is 4.94. The second-order valence-corrected chi connectivity index (χ2v) is 4.29. The highest BCUT2D eigenvalue weighted by Gasteiger charge is 2.26. The van der Waals surface area contributed by atoms with E-state index in [4.69, 9.17) is 4.74 Å². The van der Waals surface area contributed by atoms with E-state index in [1.165, 1.54) is 12.1 Å². The third-order valence-electron chi connectivity index (χ3n) is 1.99. The highest BCUT2D eigenvalue weighted by atomic mass is 79.9. The summed E-state index contributed by atoms with van der Waals surface area (Å²) in [5.74, 6) is 0.159. The highest BCUT2D eigenvalue weighted by Crippen LogP contribution is 2.29. The van der Waals surface area contributed by atoms with Gasteiger partial charge in [-0.3, -0.25) is 10.1 Å². The highest BCUT2D eigenvalue weighted by molar-refractivity contribution is 9.10. The van der Waals surface area contributed by atoms with Crippen LogP contribution in [0.15, 0.2) is 22.7 Å². The normalized spacial score (nSPS) is 11.3. The van der Waals surface area contributed by atoms with E-state index in [1.54, 1.807) is 0 Å². The zero-order valence-electron chi connectivity index (χ0n) is 9.04. The monoisotopic (exact) mass is 327 g/mol. The summed E-state index contributed by atoms with van der Waals surface area (Å²) in [4.78, 5) is 9.91. The first-order valence-corrected chi connectivity index (χ1v) is 5.72. The fraction of sp³-hybridized carbons (Fsp3) is 0.400. The first-order valence-electron chi connectivity index (χ1n) is 4.93. The van der Waals surface area contributed by atoms with Crippen LogP contribution in [0, 0.1) is 10.1 Å². The summed E-state index contributed by atoms with van der Waals surface area (Å²) >= 11 is 3.10. The minimum Gasteiger partial charge on any atom is -0.492 e. The number of non-ortho nitro benzene ring substituents is 1. The number of hydrogen-bond acceptors (Lipinski definition) is 3. The van der Waals surface area contributed by atoms with Crippen LogP contribution in [0.5, 0.6) is 5.75 Å². The maximum Gasteiger partial charge on any atom is 0.389 e. The Balaban J connectivity index is 2.56. The number of rotatable bonds is 5. The molecule has 0 fully saturated rings. The van der Waals surface area contributed by atoms with Gasteiger partial charge in [0.2, 0.25) is 0 Å². The average molecular weight is 328 g/mol. The summed E-state index contributed by atoms with van der Waals surface area (Å²) < 4.78 is 41.2. The van der Waals surface area contributed by atoms with Crippen LogP contribution in [0.2, 0.25) is 0 Å². The molecule has 0 aliphatic carbocycles. The van der Waals surface area contributed by atoms with Crippen molar-refractivity contribution in [2.75, 3.05) is 6.61 Å². The Morgan fingerprint density at radius 1 is 1.39 bits per heavy atom. The lowest BCUT2D eigenvalue weighted by Gasteiger charge is -2.09. The molecule has 0 radical (unpaired) electrons. The molecule has 0 aliphatic rings. The van der Waals surface area contributed by atoms with Crippen molar-refractivity contribution >= 4 is 21.6 Å². The second-order valence-electron chi connectivity index (χ2n) is 3.44. The molecular weight excluding hydrogens is 319 g/mol. The predicted octanol–water partition coefficient (Wildman–Crippen LogP) is 4.08. The van der Waals surface area contributed by atoms with Crippen LogP contribution in [0.1, 0.15) is 12.8 Å². The van der Waals surface area contributed by atoms with Gasteiger partial charge in [0.1, 0.15) is 5.75 Å². The number of nitro groups is 1. The van der Waals surface area contributed by atoms with E-state index >= 15 is 0 Å². The molecule has 0 spiro atoms. The fourth-order valence-electron chi connectivity index (χ4n) is 1.17. The van der Waals surface area contributed by atoms with Crippen LogP contribution in [0.3, 0.4) is 0 Å². The molecule has 0 amide bonds. The van der Waals surface area contributed by atoms with Gasteiger partial charge in [0.15, 0.2) is 0 Å². The summed E-state index contributed by atoms with van der Waals surface area (Å²) in [7, 11) is 0. The summed E-state index contributed by atoms with van der Waals surface area (Å²) in [6.07, 6.45) is -5.36. The Hall–Kier alpha value is -1.31. The molecule has 0 saturated carbocycles. The van der Waals surface area contributed by atoms with Crippen LogP contribution in [-0.2, 0) is 0 Å². The molecule has 0 bridgehead atoms. The standard InChI is InChI=1S/C10H9BrF3NO3/c11-8-3-2-7(15(16)17)6-9(8)18-5-1-4-10(12,13)14/h2-3,6H,1,4-5H2. The molecule has 100 valence electrons. The van der Waals surface area contributed by atoms with E-state index in [0.717, 1.165) is 6.07 Å². The van der Waals surface area contributed by atoms with Gasteiger partial charge in [0.05, 0.1) is 22.1 Å². The van der Waals surface area contributed by atoms with Crippen molar-refractivity contribution in [3.05, 3.63) is 32.8 Å². The van der Waals surface area contributed by atoms with Gasteiger partial charge >= 0.3 is 6.18 Å². The van der Waals surface area contributed by atoms with Crippen molar-refractivity contribution in [3.8, 4) is 5.75 Å². The molecule has 8 heteroatoms. The third kappa shape index (κ3) is 4.91. The lowest BCUT2D eigenvalue weighted by molar-refractivity contribution is -0.385. The Labute approximate surface area is 109 Å². The summed E-state index contributed by atoms with van der Waals surface area (Å²) in [5.41, 5.74) is -0.177. The number of benzene rings is 1. The molecule has 0 saturated heterocycles. The quantitative estimate of drug-likeness (QED) is 0.465. The van der Waals surface area contributed by atoms with Gasteiger partial charge in [-0.15, -0.1) is 0 Å². The summed E-state index contributed by atoms with van der Waals surface area (Å²) in [6, 6.07) is 3.85. The van der Waals surface area contributed by atoms with Crippen LogP contribution < -0.4 is 4.74 Å². The minimum absolute atomic E-state index is 0.153. The van der Waals surface area contributed by atoms with Crippen LogP contribution in [-0.4, -0.2) is 17.7 Å². The molecule has 0 atom stereocenters. The third-order valence-corrected chi connectivity index (χ3v) is 2.64. The first-order chi connectivity index (χ1) is 8.29. The van der Waals surface area contributed by atoms with Crippen LogP contribution in [0.4, 0.5) is 18.9 Å². The molecule has 1 rings (SSSR count). The summed E-state index contributed by atoms with van der Waals surface area (Å²) in [5, 5.41) is 10.5. The smallest absolute Gasteiger partial charge is 0.389 e. The van der Waals surface area contributed by atoms with Crippen molar-refractivity contribution in [1.82, 2.24) is 0 Å². The lowest BCUT2D eigenvalue weighted by Crippen LogP contribution is -2.09. The van der Waals surface area contributed by atoms with Gasteiger partial charge < -0.3 is 4.74 Å². The maximum absolute atomic E-state index is 11.9.